The number of carbonyl (C=O) groups excluding carboxylic acids is 1. The van der Waals surface area contributed by atoms with Crippen molar-refractivity contribution < 1.29 is 4.79 Å². The first-order valence-electron chi connectivity index (χ1n) is 11.1. The second-order valence-electron chi connectivity index (χ2n) is 9.80. The number of aromatic nitrogens is 2. The molecule has 0 saturated heterocycles. The first-order valence-corrected chi connectivity index (χ1v) is 12.9. The van der Waals surface area contributed by atoms with Gasteiger partial charge in [-0.05, 0) is 87.5 Å². The Hall–Kier alpha value is -1.34. The Morgan fingerprint density at radius 1 is 1.14 bits per heavy atom. The fraction of sp³-hybridized carbons (Fsp3) is 0.682. The molecular weight excluding hydrogens is 402 g/mol. The molecule has 154 valence electrons. The van der Waals surface area contributed by atoms with Crippen molar-refractivity contribution in [3.05, 3.63) is 20.8 Å². The van der Waals surface area contributed by atoms with Gasteiger partial charge >= 0.3 is 0 Å². The zero-order chi connectivity index (χ0) is 19.6. The molecule has 7 rings (SSSR count). The maximum Gasteiger partial charge on any atom is 0.260 e. The number of thioether (sulfide) groups is 1. The Kier molecular flexibility index (Phi) is 4.35. The van der Waals surface area contributed by atoms with E-state index in [1.807, 2.05) is 0 Å². The zero-order valence-electron chi connectivity index (χ0n) is 16.6. The Morgan fingerprint density at radius 3 is 2.55 bits per heavy atom. The van der Waals surface area contributed by atoms with Gasteiger partial charge in [0, 0.05) is 10.4 Å². The number of fused-ring (bicyclic) bond motifs is 3. The second-order valence-corrected chi connectivity index (χ2v) is 11.8. The van der Waals surface area contributed by atoms with Crippen LogP contribution in [0.3, 0.4) is 0 Å². The lowest BCUT2D eigenvalue weighted by Gasteiger charge is -2.56. The summed E-state index contributed by atoms with van der Waals surface area (Å²) in [5.74, 6) is 2.87. The number of nitrogens with one attached hydrogen (secondary N) is 2. The van der Waals surface area contributed by atoms with Crippen LogP contribution >= 0.6 is 23.1 Å². The van der Waals surface area contributed by atoms with E-state index in [2.05, 4.69) is 15.3 Å². The van der Waals surface area contributed by atoms with E-state index in [1.165, 1.54) is 47.9 Å². The fourth-order valence-electron chi connectivity index (χ4n) is 6.94. The number of amides is 1. The zero-order valence-corrected chi connectivity index (χ0v) is 18.2. The lowest BCUT2D eigenvalue weighted by atomic mass is 9.53. The van der Waals surface area contributed by atoms with Crippen LogP contribution in [0.5, 0.6) is 0 Å². The number of nitrogens with zero attached hydrogens (tertiary/aromatic N) is 1. The number of H-pyrrole nitrogens is 1. The van der Waals surface area contributed by atoms with Crippen LogP contribution in [0.1, 0.15) is 61.8 Å². The fourth-order valence-corrected chi connectivity index (χ4v) is 8.92. The number of carbonyl (C=O) groups is 1. The van der Waals surface area contributed by atoms with Gasteiger partial charge in [0.15, 0.2) is 5.16 Å². The summed E-state index contributed by atoms with van der Waals surface area (Å²) in [6, 6.07) is 0. The number of aromatic amines is 1. The molecule has 5 aliphatic rings. The maximum atomic E-state index is 12.8. The lowest BCUT2D eigenvalue weighted by molar-refractivity contribution is -0.124. The lowest BCUT2D eigenvalue weighted by Crippen LogP contribution is -2.60. The van der Waals surface area contributed by atoms with Crippen LogP contribution < -0.4 is 10.9 Å². The molecule has 2 N–H and O–H groups in total. The van der Waals surface area contributed by atoms with Crippen molar-refractivity contribution in [2.75, 3.05) is 5.75 Å². The first kappa shape index (κ1) is 18.4. The van der Waals surface area contributed by atoms with Crippen LogP contribution in [0.2, 0.25) is 0 Å². The van der Waals surface area contributed by atoms with Gasteiger partial charge in [0.2, 0.25) is 5.91 Å². The topological polar surface area (TPSA) is 74.8 Å². The highest BCUT2D eigenvalue weighted by Gasteiger charge is 2.51. The van der Waals surface area contributed by atoms with E-state index in [9.17, 15) is 9.59 Å². The molecule has 0 radical (unpaired) electrons. The second kappa shape index (κ2) is 6.84. The third kappa shape index (κ3) is 3.25. The molecule has 1 amide bonds. The van der Waals surface area contributed by atoms with E-state index >= 15 is 0 Å². The monoisotopic (exact) mass is 429 g/mol. The molecule has 29 heavy (non-hydrogen) atoms. The molecule has 0 aliphatic heterocycles. The van der Waals surface area contributed by atoms with E-state index in [1.54, 1.807) is 11.3 Å². The Balaban J connectivity index is 1.16. The predicted molar refractivity (Wildman–Crippen MR) is 117 cm³/mol. The van der Waals surface area contributed by atoms with Crippen molar-refractivity contribution in [3.63, 3.8) is 0 Å². The SMILES string of the molecule is O=C(CSc1nc2sc3c(c2c(=O)[nH]1)CCCC3)NC12CC3CC(CC(C3)C1)C2. The highest BCUT2D eigenvalue weighted by molar-refractivity contribution is 7.99. The Bertz CT molecular complexity index is 1010. The van der Waals surface area contributed by atoms with Gasteiger partial charge in [0.05, 0.1) is 11.1 Å². The van der Waals surface area contributed by atoms with E-state index in [0.29, 0.717) is 10.9 Å². The van der Waals surface area contributed by atoms with E-state index in [-0.39, 0.29) is 17.0 Å². The van der Waals surface area contributed by atoms with Gasteiger partial charge in [-0.2, -0.15) is 0 Å². The van der Waals surface area contributed by atoms with Gasteiger partial charge in [-0.1, -0.05) is 11.8 Å². The van der Waals surface area contributed by atoms with Crippen molar-refractivity contribution in [3.8, 4) is 0 Å². The van der Waals surface area contributed by atoms with Crippen LogP contribution in [0, 0.1) is 17.8 Å². The number of rotatable bonds is 4. The van der Waals surface area contributed by atoms with Crippen LogP contribution in [-0.2, 0) is 17.6 Å². The highest BCUT2D eigenvalue weighted by Crippen LogP contribution is 2.55. The van der Waals surface area contributed by atoms with Gasteiger partial charge in [-0.3, -0.25) is 9.59 Å². The molecule has 0 aromatic carbocycles. The van der Waals surface area contributed by atoms with Gasteiger partial charge in [0.25, 0.3) is 5.56 Å². The third-order valence-electron chi connectivity index (χ3n) is 7.59. The van der Waals surface area contributed by atoms with Crippen molar-refractivity contribution in [1.82, 2.24) is 15.3 Å². The summed E-state index contributed by atoms with van der Waals surface area (Å²) in [5.41, 5.74) is 1.21. The summed E-state index contributed by atoms with van der Waals surface area (Å²) in [6.07, 6.45) is 12.0. The molecule has 0 unspecified atom stereocenters. The van der Waals surface area contributed by atoms with Crippen molar-refractivity contribution in [2.45, 2.75) is 74.9 Å². The normalized spacial score (nSPS) is 32.5. The highest BCUT2D eigenvalue weighted by atomic mass is 32.2. The summed E-state index contributed by atoms with van der Waals surface area (Å²) in [4.78, 5) is 35.2. The summed E-state index contributed by atoms with van der Waals surface area (Å²) in [7, 11) is 0. The van der Waals surface area contributed by atoms with Crippen molar-refractivity contribution >= 4 is 39.2 Å². The smallest absolute Gasteiger partial charge is 0.260 e. The van der Waals surface area contributed by atoms with Crippen LogP contribution in [-0.4, -0.2) is 27.2 Å². The third-order valence-corrected chi connectivity index (χ3v) is 9.65. The van der Waals surface area contributed by atoms with E-state index in [0.717, 1.165) is 66.5 Å². The van der Waals surface area contributed by atoms with Crippen LogP contribution in [0.4, 0.5) is 0 Å². The standard InChI is InChI=1S/C22H27N3O2S2/c26-17(25-22-8-12-5-13(9-22)7-14(6-12)10-22)11-28-21-23-19(27)18-15-3-1-2-4-16(15)29-20(18)24-21/h12-14H,1-11H2,(H,25,26)(H,23,24,27). The van der Waals surface area contributed by atoms with Gasteiger partial charge in [-0.25, -0.2) is 4.98 Å². The molecule has 5 nitrogen and oxygen atoms in total. The van der Waals surface area contributed by atoms with E-state index in [4.69, 9.17) is 0 Å². The van der Waals surface area contributed by atoms with Crippen molar-refractivity contribution in [2.24, 2.45) is 17.8 Å². The van der Waals surface area contributed by atoms with Gasteiger partial charge in [-0.15, -0.1) is 11.3 Å². The molecule has 2 aromatic rings. The van der Waals surface area contributed by atoms with Crippen LogP contribution in [0.25, 0.3) is 10.2 Å². The summed E-state index contributed by atoms with van der Waals surface area (Å²) >= 11 is 3.02. The summed E-state index contributed by atoms with van der Waals surface area (Å²) in [6.45, 7) is 0. The maximum absolute atomic E-state index is 12.8. The molecule has 5 aliphatic carbocycles. The molecule has 0 atom stereocenters. The Labute approximate surface area is 178 Å². The molecule has 4 saturated carbocycles. The average Bonchev–Trinajstić information content (AvgIpc) is 3.04. The summed E-state index contributed by atoms with van der Waals surface area (Å²) in [5, 5.41) is 4.76. The minimum atomic E-state index is -0.0432. The molecule has 2 aromatic heterocycles. The number of hydrogen-bond donors (Lipinski definition) is 2. The molecule has 0 spiro atoms. The quantitative estimate of drug-likeness (QED) is 0.568. The van der Waals surface area contributed by atoms with Gasteiger partial charge in [0.1, 0.15) is 4.83 Å². The largest absolute Gasteiger partial charge is 0.350 e. The van der Waals surface area contributed by atoms with E-state index < -0.39 is 0 Å². The minimum Gasteiger partial charge on any atom is -0.350 e. The average molecular weight is 430 g/mol. The molecule has 7 heteroatoms. The first-order chi connectivity index (χ1) is 14.1. The summed E-state index contributed by atoms with van der Waals surface area (Å²) < 4.78 is 0. The minimum absolute atomic E-state index is 0.0432. The number of hydrogen-bond acceptors (Lipinski definition) is 5. The molecule has 4 fully saturated rings. The van der Waals surface area contributed by atoms with Gasteiger partial charge < -0.3 is 10.3 Å². The predicted octanol–water partition coefficient (Wildman–Crippen LogP) is 4.04. The molecule has 2 heterocycles. The number of thiophene rings is 1. The van der Waals surface area contributed by atoms with Crippen molar-refractivity contribution in [1.29, 1.82) is 0 Å². The van der Waals surface area contributed by atoms with Crippen LogP contribution in [0.15, 0.2) is 9.95 Å². The Morgan fingerprint density at radius 2 is 1.83 bits per heavy atom. The molecular formula is C22H27N3O2S2. The molecule has 4 bridgehead atoms. The number of aryl methyl sites for hydroxylation is 2.